The summed E-state index contributed by atoms with van der Waals surface area (Å²) in [6.07, 6.45) is 0. The first kappa shape index (κ1) is 35.2. The first-order valence-electron chi connectivity index (χ1n) is 21.0. The molecule has 0 amide bonds. The number of fused-ring (bicyclic) bond motifs is 10. The molecule has 0 saturated heterocycles. The van der Waals surface area contributed by atoms with E-state index >= 15 is 0 Å². The van der Waals surface area contributed by atoms with Gasteiger partial charge < -0.3 is 18.8 Å². The van der Waals surface area contributed by atoms with E-state index in [9.17, 15) is 0 Å². The van der Waals surface area contributed by atoms with Crippen LogP contribution in [0, 0.1) is 0 Å². The fourth-order valence-corrected chi connectivity index (χ4v) is 9.90. The quantitative estimate of drug-likeness (QED) is 0.161. The van der Waals surface area contributed by atoms with Crippen LogP contribution in [0.25, 0.3) is 60.6 Å². The molecule has 0 fully saturated rings. The van der Waals surface area contributed by atoms with E-state index in [1.54, 1.807) is 0 Å². The first-order valence-corrected chi connectivity index (χ1v) is 21.0. The molecule has 9 aromatic carbocycles. The van der Waals surface area contributed by atoms with Gasteiger partial charge >= 0.3 is 0 Å². The maximum absolute atomic E-state index is 6.81. The second-order valence-electron chi connectivity index (χ2n) is 16.6. The number of benzene rings is 9. The highest BCUT2D eigenvalue weighted by Crippen LogP contribution is 2.51. The SMILES string of the molecule is CC1(C)c2ccccc2-c2ccc(N(c3ccccc3)c3ccc4c(c3)c3c5oc6ccccc6c5ccc3n4-c3ccc(N(c4ccccc4)c4ccccc4)cc3)cc21. The lowest BCUT2D eigenvalue weighted by Gasteiger charge is -2.28. The van der Waals surface area contributed by atoms with E-state index in [1.807, 2.05) is 6.07 Å². The van der Waals surface area contributed by atoms with Crippen LogP contribution < -0.4 is 9.80 Å². The van der Waals surface area contributed by atoms with Gasteiger partial charge in [0.2, 0.25) is 0 Å². The van der Waals surface area contributed by atoms with Gasteiger partial charge in [-0.1, -0.05) is 117 Å². The maximum Gasteiger partial charge on any atom is 0.145 e. The van der Waals surface area contributed by atoms with Gasteiger partial charge in [-0.05, 0) is 131 Å². The highest BCUT2D eigenvalue weighted by molar-refractivity contribution is 6.24. The minimum Gasteiger partial charge on any atom is -0.455 e. The molecule has 2 heterocycles. The van der Waals surface area contributed by atoms with Gasteiger partial charge in [-0.15, -0.1) is 0 Å². The third-order valence-electron chi connectivity index (χ3n) is 12.7. The van der Waals surface area contributed by atoms with Crippen molar-refractivity contribution >= 4 is 77.9 Å². The first-order chi connectivity index (χ1) is 30.0. The van der Waals surface area contributed by atoms with Crippen molar-refractivity contribution in [2.75, 3.05) is 9.80 Å². The van der Waals surface area contributed by atoms with Crippen molar-refractivity contribution in [1.29, 1.82) is 0 Å². The molecule has 0 radical (unpaired) electrons. The summed E-state index contributed by atoms with van der Waals surface area (Å²) in [5, 5.41) is 4.47. The van der Waals surface area contributed by atoms with Gasteiger partial charge in [-0.2, -0.15) is 0 Å². The third-order valence-corrected chi connectivity index (χ3v) is 12.7. The molecule has 11 aromatic rings. The molecule has 0 aliphatic heterocycles. The molecule has 0 N–H and O–H groups in total. The molecule has 12 rings (SSSR count). The summed E-state index contributed by atoms with van der Waals surface area (Å²) < 4.78 is 9.20. The standard InChI is InChI=1S/C57H41N3O/c1-57(2)50-24-14-12-22-45(50)46-32-30-44(37-51(46)57)59(40-20-10-5-11-21-40)43-31-34-52-49(36-43)55-53(35-33-48-47-23-13-15-25-54(47)61-56(48)55)60(52)42-28-26-41(27-29-42)58(38-16-6-3-7-17-38)39-18-8-4-9-19-39/h3-37H,1-2H3. The van der Waals surface area contributed by atoms with Crippen LogP contribution in [0.2, 0.25) is 0 Å². The Morgan fingerprint density at radius 2 is 0.918 bits per heavy atom. The normalized spacial score (nSPS) is 12.9. The van der Waals surface area contributed by atoms with E-state index < -0.39 is 0 Å². The van der Waals surface area contributed by atoms with Gasteiger partial charge in [0.25, 0.3) is 0 Å². The summed E-state index contributed by atoms with van der Waals surface area (Å²) in [6.45, 7) is 4.70. The van der Waals surface area contributed by atoms with Crippen molar-refractivity contribution in [1.82, 2.24) is 4.57 Å². The smallest absolute Gasteiger partial charge is 0.145 e. The Kier molecular flexibility index (Phi) is 7.85. The second-order valence-corrected chi connectivity index (χ2v) is 16.6. The van der Waals surface area contributed by atoms with Crippen molar-refractivity contribution in [3.8, 4) is 16.8 Å². The fourth-order valence-electron chi connectivity index (χ4n) is 9.90. The zero-order valence-electron chi connectivity index (χ0n) is 34.0. The van der Waals surface area contributed by atoms with Crippen LogP contribution in [-0.2, 0) is 5.41 Å². The van der Waals surface area contributed by atoms with Crippen molar-refractivity contribution in [3.05, 3.63) is 223 Å². The van der Waals surface area contributed by atoms with Crippen molar-refractivity contribution in [2.45, 2.75) is 19.3 Å². The van der Waals surface area contributed by atoms with Crippen LogP contribution >= 0.6 is 0 Å². The van der Waals surface area contributed by atoms with Crippen LogP contribution in [0.3, 0.4) is 0 Å². The number of hydrogen-bond donors (Lipinski definition) is 0. The predicted octanol–water partition coefficient (Wildman–Crippen LogP) is 15.9. The van der Waals surface area contributed by atoms with E-state index in [0.717, 1.165) is 83.6 Å². The predicted molar refractivity (Wildman–Crippen MR) is 255 cm³/mol. The fraction of sp³-hybridized carbons (Fsp3) is 0.0526. The number of hydrogen-bond acceptors (Lipinski definition) is 3. The summed E-state index contributed by atoms with van der Waals surface area (Å²) >= 11 is 0. The van der Waals surface area contributed by atoms with Gasteiger partial charge in [-0.25, -0.2) is 0 Å². The molecule has 4 heteroatoms. The summed E-state index contributed by atoms with van der Waals surface area (Å²) in [4.78, 5) is 4.70. The van der Waals surface area contributed by atoms with E-state index in [0.29, 0.717) is 0 Å². The van der Waals surface area contributed by atoms with Crippen molar-refractivity contribution in [2.24, 2.45) is 0 Å². The zero-order chi connectivity index (χ0) is 40.7. The Labute approximate surface area is 354 Å². The average Bonchev–Trinajstić information content (AvgIpc) is 3.93. The minimum absolute atomic E-state index is 0.122. The van der Waals surface area contributed by atoms with E-state index in [2.05, 4.69) is 234 Å². The van der Waals surface area contributed by atoms with Crippen LogP contribution in [0.4, 0.5) is 34.1 Å². The number of para-hydroxylation sites is 4. The monoisotopic (exact) mass is 783 g/mol. The molecule has 0 saturated carbocycles. The average molecular weight is 784 g/mol. The van der Waals surface area contributed by atoms with E-state index in [1.165, 1.54) is 22.3 Å². The number of nitrogens with zero attached hydrogens (tertiary/aromatic N) is 3. The zero-order valence-corrected chi connectivity index (χ0v) is 34.0. The van der Waals surface area contributed by atoms with Crippen LogP contribution in [0.15, 0.2) is 217 Å². The van der Waals surface area contributed by atoms with Gasteiger partial charge in [-0.3, -0.25) is 0 Å². The highest BCUT2D eigenvalue weighted by atomic mass is 16.3. The maximum atomic E-state index is 6.81. The van der Waals surface area contributed by atoms with Crippen LogP contribution in [-0.4, -0.2) is 4.57 Å². The molecule has 0 bridgehead atoms. The number of aromatic nitrogens is 1. The molecule has 4 nitrogen and oxygen atoms in total. The largest absolute Gasteiger partial charge is 0.455 e. The van der Waals surface area contributed by atoms with Gasteiger partial charge in [0.15, 0.2) is 0 Å². The molecule has 0 unspecified atom stereocenters. The number of anilines is 6. The molecule has 1 aliphatic carbocycles. The van der Waals surface area contributed by atoms with Gasteiger partial charge in [0, 0.05) is 61.4 Å². The topological polar surface area (TPSA) is 24.6 Å². The lowest BCUT2D eigenvalue weighted by Crippen LogP contribution is -2.16. The van der Waals surface area contributed by atoms with E-state index in [-0.39, 0.29) is 5.41 Å². The third kappa shape index (κ3) is 5.46. The summed E-state index contributed by atoms with van der Waals surface area (Å²) in [5.41, 5.74) is 16.9. The Morgan fingerprint density at radius 3 is 1.62 bits per heavy atom. The molecule has 1 aliphatic rings. The van der Waals surface area contributed by atoms with Gasteiger partial charge in [0.05, 0.1) is 16.4 Å². The highest BCUT2D eigenvalue weighted by Gasteiger charge is 2.36. The molecular formula is C57H41N3O. The molecule has 61 heavy (non-hydrogen) atoms. The van der Waals surface area contributed by atoms with Crippen LogP contribution in [0.1, 0.15) is 25.0 Å². The Hall–Kier alpha value is -7.82. The van der Waals surface area contributed by atoms with E-state index in [4.69, 9.17) is 4.42 Å². The second kappa shape index (κ2) is 13.6. The number of furan rings is 1. The Morgan fingerprint density at radius 1 is 0.393 bits per heavy atom. The number of rotatable bonds is 7. The summed E-state index contributed by atoms with van der Waals surface area (Å²) in [7, 11) is 0. The van der Waals surface area contributed by atoms with Crippen molar-refractivity contribution in [3.63, 3.8) is 0 Å². The summed E-state index contributed by atoms with van der Waals surface area (Å²) in [6, 6.07) is 76.4. The summed E-state index contributed by atoms with van der Waals surface area (Å²) in [5.74, 6) is 0. The minimum atomic E-state index is -0.122. The lowest BCUT2D eigenvalue weighted by molar-refractivity contribution is 0.660. The Balaban J connectivity index is 1.07. The molecular weight excluding hydrogens is 743 g/mol. The molecule has 0 spiro atoms. The molecule has 2 aromatic heterocycles. The van der Waals surface area contributed by atoms with Gasteiger partial charge in [0.1, 0.15) is 11.2 Å². The molecule has 0 atom stereocenters. The molecule has 290 valence electrons. The van der Waals surface area contributed by atoms with Crippen LogP contribution in [0.5, 0.6) is 0 Å². The van der Waals surface area contributed by atoms with Crippen molar-refractivity contribution < 1.29 is 4.42 Å². The Bertz CT molecular complexity index is 3400. The lowest BCUT2D eigenvalue weighted by atomic mass is 9.82.